The van der Waals surface area contributed by atoms with E-state index in [0.29, 0.717) is 16.3 Å². The molecule has 0 bridgehead atoms. The molecular formula is C22H17ClFN3O4S. The second-order valence-electron chi connectivity index (χ2n) is 7.13. The molecule has 1 saturated heterocycles. The standard InChI is InChI=1S/C22H17ClFN3O4S/c23-16-3-7-18(8-4-16)27-21(28)12-20(22(27)29)26(14-15-2-1-11-25-13-15)32(30,31)19-9-5-17(24)6-10-19/h1-11,13,20H,12,14H2. The predicted molar refractivity (Wildman–Crippen MR) is 116 cm³/mol. The van der Waals surface area contributed by atoms with E-state index in [2.05, 4.69) is 4.98 Å². The van der Waals surface area contributed by atoms with E-state index < -0.39 is 33.7 Å². The van der Waals surface area contributed by atoms with Crippen LogP contribution in [0.25, 0.3) is 0 Å². The highest BCUT2D eigenvalue weighted by molar-refractivity contribution is 7.89. The molecule has 3 aromatic rings. The number of benzene rings is 2. The first kappa shape index (κ1) is 22.1. The molecule has 0 spiro atoms. The second-order valence-corrected chi connectivity index (χ2v) is 9.46. The van der Waals surface area contributed by atoms with Crippen molar-refractivity contribution >= 4 is 39.1 Å². The summed E-state index contributed by atoms with van der Waals surface area (Å²) in [7, 11) is -4.25. The molecule has 0 saturated carbocycles. The molecule has 0 aliphatic carbocycles. The first-order chi connectivity index (χ1) is 15.3. The molecule has 0 radical (unpaired) electrons. The molecule has 1 aliphatic rings. The average molecular weight is 474 g/mol. The smallest absolute Gasteiger partial charge is 0.252 e. The largest absolute Gasteiger partial charge is 0.274 e. The van der Waals surface area contributed by atoms with Gasteiger partial charge < -0.3 is 0 Å². The molecule has 1 unspecified atom stereocenters. The van der Waals surface area contributed by atoms with E-state index in [-0.39, 0.29) is 17.9 Å². The van der Waals surface area contributed by atoms with Crippen molar-refractivity contribution in [1.29, 1.82) is 0 Å². The van der Waals surface area contributed by atoms with Crippen molar-refractivity contribution in [2.45, 2.75) is 23.9 Å². The highest BCUT2D eigenvalue weighted by atomic mass is 35.5. The number of aromatic nitrogens is 1. The molecule has 32 heavy (non-hydrogen) atoms. The Bertz CT molecular complexity index is 1250. The third-order valence-corrected chi connectivity index (χ3v) is 7.16. The lowest BCUT2D eigenvalue weighted by Crippen LogP contribution is -2.45. The second kappa shape index (κ2) is 8.78. The van der Waals surface area contributed by atoms with E-state index in [1.165, 1.54) is 36.7 Å². The molecule has 2 aromatic carbocycles. The predicted octanol–water partition coefficient (Wildman–Crippen LogP) is 3.40. The Morgan fingerprint density at radius 3 is 2.38 bits per heavy atom. The number of hydrogen-bond donors (Lipinski definition) is 0. The number of nitrogens with zero attached hydrogens (tertiary/aromatic N) is 3. The fourth-order valence-electron chi connectivity index (χ4n) is 3.48. The molecule has 7 nitrogen and oxygen atoms in total. The topological polar surface area (TPSA) is 87.6 Å². The van der Waals surface area contributed by atoms with Crippen LogP contribution in [-0.4, -0.2) is 35.6 Å². The summed E-state index contributed by atoms with van der Waals surface area (Å²) in [5.74, 6) is -1.80. The van der Waals surface area contributed by atoms with E-state index in [1.54, 1.807) is 12.1 Å². The van der Waals surface area contributed by atoms with Crippen LogP contribution in [0.15, 0.2) is 78.0 Å². The lowest BCUT2D eigenvalue weighted by molar-refractivity contribution is -0.122. The van der Waals surface area contributed by atoms with Gasteiger partial charge in [-0.3, -0.25) is 14.6 Å². The molecule has 1 fully saturated rings. The molecule has 164 valence electrons. The van der Waals surface area contributed by atoms with Crippen molar-refractivity contribution in [2.24, 2.45) is 0 Å². The maximum atomic E-state index is 13.5. The Labute approximate surface area is 189 Å². The van der Waals surface area contributed by atoms with Crippen LogP contribution in [-0.2, 0) is 26.2 Å². The van der Waals surface area contributed by atoms with E-state index in [4.69, 9.17) is 11.6 Å². The van der Waals surface area contributed by atoms with Crippen molar-refractivity contribution < 1.29 is 22.4 Å². The van der Waals surface area contributed by atoms with Crippen LogP contribution in [0.5, 0.6) is 0 Å². The molecule has 10 heteroatoms. The third kappa shape index (κ3) is 4.27. The highest BCUT2D eigenvalue weighted by Gasteiger charge is 2.47. The number of amides is 2. The lowest BCUT2D eigenvalue weighted by Gasteiger charge is -2.27. The van der Waals surface area contributed by atoms with E-state index in [9.17, 15) is 22.4 Å². The van der Waals surface area contributed by atoms with Crippen molar-refractivity contribution in [3.8, 4) is 0 Å². The van der Waals surface area contributed by atoms with Crippen molar-refractivity contribution in [2.75, 3.05) is 4.90 Å². The molecule has 2 heterocycles. The molecule has 1 atom stereocenters. The molecule has 1 aromatic heterocycles. The fraction of sp³-hybridized carbons (Fsp3) is 0.136. The summed E-state index contributed by atoms with van der Waals surface area (Å²) in [5.41, 5.74) is 0.829. The molecule has 0 N–H and O–H groups in total. The van der Waals surface area contributed by atoms with Crippen LogP contribution >= 0.6 is 11.6 Å². The number of carbonyl (C=O) groups is 2. The quantitative estimate of drug-likeness (QED) is 0.512. The van der Waals surface area contributed by atoms with Gasteiger partial charge in [0.15, 0.2) is 0 Å². The van der Waals surface area contributed by atoms with E-state index in [1.807, 2.05) is 0 Å². The Balaban J connectivity index is 1.74. The van der Waals surface area contributed by atoms with Crippen LogP contribution in [0.4, 0.5) is 10.1 Å². The molecular weight excluding hydrogens is 457 g/mol. The summed E-state index contributed by atoms with van der Waals surface area (Å²) >= 11 is 5.89. The number of carbonyl (C=O) groups excluding carboxylic acids is 2. The summed E-state index contributed by atoms with van der Waals surface area (Å²) in [5, 5.41) is 0.432. The van der Waals surface area contributed by atoms with Gasteiger partial charge >= 0.3 is 0 Å². The summed E-state index contributed by atoms with van der Waals surface area (Å²) < 4.78 is 41.3. The Morgan fingerprint density at radius 1 is 1.06 bits per heavy atom. The summed E-state index contributed by atoms with van der Waals surface area (Å²) in [4.78, 5) is 30.7. The number of hydrogen-bond acceptors (Lipinski definition) is 5. The van der Waals surface area contributed by atoms with Crippen molar-refractivity contribution in [3.63, 3.8) is 0 Å². The minimum absolute atomic E-state index is 0.187. The van der Waals surface area contributed by atoms with Gasteiger partial charge in [-0.15, -0.1) is 0 Å². The monoisotopic (exact) mass is 473 g/mol. The zero-order valence-electron chi connectivity index (χ0n) is 16.6. The van der Waals surface area contributed by atoms with Crippen LogP contribution in [0.1, 0.15) is 12.0 Å². The van der Waals surface area contributed by atoms with Gasteiger partial charge in [-0.25, -0.2) is 17.7 Å². The number of pyridine rings is 1. The van der Waals surface area contributed by atoms with Crippen LogP contribution in [0.3, 0.4) is 0 Å². The summed E-state index contributed by atoms with van der Waals surface area (Å²) in [6.07, 6.45) is 2.68. The van der Waals surface area contributed by atoms with Gasteiger partial charge in [-0.1, -0.05) is 17.7 Å². The molecule has 1 aliphatic heterocycles. The fourth-order valence-corrected chi connectivity index (χ4v) is 5.17. The number of rotatable bonds is 6. The van der Waals surface area contributed by atoms with Crippen molar-refractivity contribution in [1.82, 2.24) is 9.29 Å². The van der Waals surface area contributed by atoms with Gasteiger partial charge in [0.05, 0.1) is 17.0 Å². The Hall–Kier alpha value is -3.14. The van der Waals surface area contributed by atoms with Gasteiger partial charge in [-0.05, 0) is 60.2 Å². The number of imide groups is 1. The molecule has 2 amide bonds. The lowest BCUT2D eigenvalue weighted by atomic mass is 10.2. The number of anilines is 1. The first-order valence-corrected chi connectivity index (χ1v) is 11.4. The SMILES string of the molecule is O=C1CC(N(Cc2cccnc2)S(=O)(=O)c2ccc(F)cc2)C(=O)N1c1ccc(Cl)cc1. The zero-order chi connectivity index (χ0) is 22.9. The van der Waals surface area contributed by atoms with Gasteiger partial charge in [-0.2, -0.15) is 4.31 Å². The van der Waals surface area contributed by atoms with Gasteiger partial charge in [0, 0.05) is 24.0 Å². The van der Waals surface area contributed by atoms with Gasteiger partial charge in [0.2, 0.25) is 15.9 Å². The van der Waals surface area contributed by atoms with Crippen LogP contribution in [0, 0.1) is 5.82 Å². The minimum Gasteiger partial charge on any atom is -0.274 e. The van der Waals surface area contributed by atoms with E-state index >= 15 is 0 Å². The number of sulfonamides is 1. The normalized spacial score (nSPS) is 16.7. The number of halogens is 2. The highest BCUT2D eigenvalue weighted by Crippen LogP contribution is 2.31. The summed E-state index contributed by atoms with van der Waals surface area (Å²) in [6, 6.07) is 12.4. The van der Waals surface area contributed by atoms with Crippen LogP contribution < -0.4 is 4.90 Å². The average Bonchev–Trinajstić information content (AvgIpc) is 3.07. The minimum atomic E-state index is -4.25. The maximum absolute atomic E-state index is 13.5. The van der Waals surface area contributed by atoms with Crippen molar-refractivity contribution in [3.05, 3.63) is 89.5 Å². The van der Waals surface area contributed by atoms with Gasteiger partial charge in [0.25, 0.3) is 5.91 Å². The summed E-state index contributed by atoms with van der Waals surface area (Å²) in [6.45, 7) is -0.189. The van der Waals surface area contributed by atoms with Gasteiger partial charge in [0.1, 0.15) is 11.9 Å². The first-order valence-electron chi connectivity index (χ1n) is 9.56. The Morgan fingerprint density at radius 2 is 1.75 bits per heavy atom. The maximum Gasteiger partial charge on any atom is 0.252 e. The molecule has 4 rings (SSSR count). The zero-order valence-corrected chi connectivity index (χ0v) is 18.1. The van der Waals surface area contributed by atoms with Crippen LogP contribution in [0.2, 0.25) is 5.02 Å². The third-order valence-electron chi connectivity index (χ3n) is 5.04. The van der Waals surface area contributed by atoms with E-state index in [0.717, 1.165) is 33.5 Å². The Kier molecular flexibility index (Phi) is 6.05.